The number of pyridine rings is 1. The number of nitrogens with zero attached hydrogens (tertiary/aromatic N) is 4. The van der Waals surface area contributed by atoms with Crippen molar-refractivity contribution >= 4 is 6.09 Å². The van der Waals surface area contributed by atoms with E-state index in [2.05, 4.69) is 88.7 Å². The molecule has 6 heteroatoms. The molecule has 0 atom stereocenters. The standard InChI is InChI=1S/C33H44N4O2/c1-33(2,3)39-32(38)37-22-11-10-20-35(24-28-14-6-4-7-15-28)26-30-18-12-19-31(34-30)27-36(21-13-23-37)25-29-16-8-5-9-17-29/h4-9,12,14-19H,10-11,13,20-27H2,1-3H3. The molecule has 1 aliphatic heterocycles. The van der Waals surface area contributed by atoms with Gasteiger partial charge >= 0.3 is 6.09 Å². The van der Waals surface area contributed by atoms with E-state index in [1.54, 1.807) is 0 Å². The lowest BCUT2D eigenvalue weighted by molar-refractivity contribution is 0.0237. The van der Waals surface area contributed by atoms with E-state index in [0.29, 0.717) is 13.1 Å². The van der Waals surface area contributed by atoms with Gasteiger partial charge in [0.2, 0.25) is 0 Å². The Labute approximate surface area is 234 Å². The van der Waals surface area contributed by atoms with Crippen molar-refractivity contribution in [1.82, 2.24) is 19.7 Å². The highest BCUT2D eigenvalue weighted by Crippen LogP contribution is 2.16. The molecular formula is C33H44N4O2. The van der Waals surface area contributed by atoms with Gasteiger partial charge in [0, 0.05) is 45.8 Å². The number of benzene rings is 2. The Morgan fingerprint density at radius 3 is 1.72 bits per heavy atom. The van der Waals surface area contributed by atoms with Gasteiger partial charge in [-0.1, -0.05) is 66.7 Å². The number of hydrogen-bond acceptors (Lipinski definition) is 5. The van der Waals surface area contributed by atoms with Gasteiger partial charge in [-0.2, -0.15) is 0 Å². The summed E-state index contributed by atoms with van der Waals surface area (Å²) in [6.45, 7) is 12.3. The van der Waals surface area contributed by atoms with E-state index in [1.165, 1.54) is 11.1 Å². The van der Waals surface area contributed by atoms with Crippen molar-refractivity contribution < 1.29 is 9.53 Å². The number of aromatic nitrogens is 1. The minimum Gasteiger partial charge on any atom is -0.444 e. The lowest BCUT2D eigenvalue weighted by Gasteiger charge is -2.29. The number of rotatable bonds is 4. The maximum atomic E-state index is 13.1. The molecule has 6 nitrogen and oxygen atoms in total. The zero-order valence-electron chi connectivity index (χ0n) is 23.9. The molecule has 208 valence electrons. The van der Waals surface area contributed by atoms with Crippen LogP contribution >= 0.6 is 0 Å². The van der Waals surface area contributed by atoms with E-state index in [0.717, 1.165) is 69.9 Å². The van der Waals surface area contributed by atoms with Gasteiger partial charge in [0.05, 0.1) is 11.4 Å². The summed E-state index contributed by atoms with van der Waals surface area (Å²) in [5.74, 6) is 0. The molecule has 0 fully saturated rings. The zero-order valence-corrected chi connectivity index (χ0v) is 23.9. The van der Waals surface area contributed by atoms with E-state index in [9.17, 15) is 4.79 Å². The molecule has 2 aromatic carbocycles. The maximum absolute atomic E-state index is 13.1. The molecule has 3 aromatic rings. The fraction of sp³-hybridized carbons (Fsp3) is 0.455. The fourth-order valence-electron chi connectivity index (χ4n) is 5.02. The summed E-state index contributed by atoms with van der Waals surface area (Å²) < 4.78 is 5.77. The third-order valence-corrected chi connectivity index (χ3v) is 6.84. The van der Waals surface area contributed by atoms with E-state index in [-0.39, 0.29) is 6.09 Å². The molecule has 0 aliphatic carbocycles. The molecular weight excluding hydrogens is 484 g/mol. The molecule has 0 N–H and O–H groups in total. The normalized spacial score (nSPS) is 16.7. The van der Waals surface area contributed by atoms with E-state index in [1.807, 2.05) is 25.7 Å². The minimum atomic E-state index is -0.504. The predicted molar refractivity (Wildman–Crippen MR) is 157 cm³/mol. The monoisotopic (exact) mass is 528 g/mol. The summed E-state index contributed by atoms with van der Waals surface area (Å²) in [5.41, 5.74) is 4.27. The second kappa shape index (κ2) is 14.2. The molecule has 39 heavy (non-hydrogen) atoms. The zero-order chi connectivity index (χ0) is 27.5. The van der Waals surface area contributed by atoms with Crippen molar-refractivity contribution in [2.24, 2.45) is 0 Å². The first kappa shape index (κ1) is 28.8. The lowest BCUT2D eigenvalue weighted by Crippen LogP contribution is -2.39. The van der Waals surface area contributed by atoms with Crippen molar-refractivity contribution in [3.05, 3.63) is 101 Å². The molecule has 0 saturated carbocycles. The van der Waals surface area contributed by atoms with Crippen LogP contribution in [0.1, 0.15) is 62.5 Å². The van der Waals surface area contributed by atoms with Gasteiger partial charge in [-0.15, -0.1) is 0 Å². The van der Waals surface area contributed by atoms with Crippen LogP contribution in [0.2, 0.25) is 0 Å². The first-order valence-electron chi connectivity index (χ1n) is 14.3. The van der Waals surface area contributed by atoms with Crippen molar-refractivity contribution in [3.8, 4) is 0 Å². The Balaban J connectivity index is 1.55. The number of carbonyl (C=O) groups is 1. The number of carbonyl (C=O) groups excluding carboxylic acids is 1. The van der Waals surface area contributed by atoms with Crippen LogP contribution in [0.15, 0.2) is 78.9 Å². The van der Waals surface area contributed by atoms with Crippen LogP contribution < -0.4 is 0 Å². The Hall–Kier alpha value is -3.22. The van der Waals surface area contributed by atoms with Gasteiger partial charge in [-0.25, -0.2) is 4.79 Å². The second-order valence-corrected chi connectivity index (χ2v) is 11.5. The topological polar surface area (TPSA) is 48.9 Å². The van der Waals surface area contributed by atoms with Gasteiger partial charge in [-0.3, -0.25) is 14.8 Å². The summed E-state index contributed by atoms with van der Waals surface area (Å²) in [7, 11) is 0. The van der Waals surface area contributed by atoms with Crippen molar-refractivity contribution in [2.45, 2.75) is 71.8 Å². The first-order valence-corrected chi connectivity index (χ1v) is 14.3. The van der Waals surface area contributed by atoms with Crippen LogP contribution in [0.4, 0.5) is 4.79 Å². The van der Waals surface area contributed by atoms with Gasteiger partial charge < -0.3 is 9.64 Å². The average Bonchev–Trinajstić information content (AvgIpc) is 2.90. The van der Waals surface area contributed by atoms with Crippen LogP contribution in [0.5, 0.6) is 0 Å². The first-order chi connectivity index (χ1) is 18.8. The lowest BCUT2D eigenvalue weighted by atomic mass is 10.2. The largest absolute Gasteiger partial charge is 0.444 e. The van der Waals surface area contributed by atoms with Crippen LogP contribution in [0.3, 0.4) is 0 Å². The van der Waals surface area contributed by atoms with Crippen LogP contribution in [0.25, 0.3) is 0 Å². The highest BCUT2D eigenvalue weighted by Gasteiger charge is 2.22. The molecule has 2 bridgehead atoms. The average molecular weight is 529 g/mol. The summed E-state index contributed by atoms with van der Waals surface area (Å²) in [4.78, 5) is 25.0. The van der Waals surface area contributed by atoms with E-state index in [4.69, 9.17) is 9.72 Å². The summed E-state index contributed by atoms with van der Waals surface area (Å²) in [6.07, 6.45) is 2.61. The van der Waals surface area contributed by atoms with Gasteiger partial charge in [0.1, 0.15) is 5.60 Å². The van der Waals surface area contributed by atoms with Crippen LogP contribution in [-0.4, -0.2) is 57.6 Å². The predicted octanol–water partition coefficient (Wildman–Crippen LogP) is 6.51. The number of fused-ring (bicyclic) bond motifs is 2. The molecule has 1 aliphatic rings. The number of ether oxygens (including phenoxy) is 1. The quantitative estimate of drug-likeness (QED) is 0.387. The minimum absolute atomic E-state index is 0.212. The highest BCUT2D eigenvalue weighted by molar-refractivity contribution is 5.68. The van der Waals surface area contributed by atoms with Crippen molar-refractivity contribution in [3.63, 3.8) is 0 Å². The third-order valence-electron chi connectivity index (χ3n) is 6.84. The molecule has 1 aromatic heterocycles. The van der Waals surface area contributed by atoms with Gasteiger partial charge in [0.25, 0.3) is 0 Å². The maximum Gasteiger partial charge on any atom is 0.410 e. The van der Waals surface area contributed by atoms with Gasteiger partial charge in [0.15, 0.2) is 0 Å². The molecule has 0 spiro atoms. The molecule has 4 rings (SSSR count). The van der Waals surface area contributed by atoms with E-state index >= 15 is 0 Å². The summed E-state index contributed by atoms with van der Waals surface area (Å²) in [5, 5.41) is 0. The molecule has 1 amide bonds. The number of hydrogen-bond donors (Lipinski definition) is 0. The highest BCUT2D eigenvalue weighted by atomic mass is 16.6. The number of amides is 1. The second-order valence-electron chi connectivity index (χ2n) is 11.5. The van der Waals surface area contributed by atoms with Crippen LogP contribution in [-0.2, 0) is 30.9 Å². The van der Waals surface area contributed by atoms with Crippen molar-refractivity contribution in [2.75, 3.05) is 26.2 Å². The molecule has 2 heterocycles. The smallest absolute Gasteiger partial charge is 0.410 e. The third kappa shape index (κ3) is 10.1. The molecule has 0 unspecified atom stereocenters. The molecule has 0 saturated heterocycles. The molecule has 0 radical (unpaired) electrons. The summed E-state index contributed by atoms with van der Waals surface area (Å²) in [6, 6.07) is 27.6. The van der Waals surface area contributed by atoms with Crippen LogP contribution in [0, 0.1) is 0 Å². The van der Waals surface area contributed by atoms with Gasteiger partial charge in [-0.05, 0) is 69.8 Å². The summed E-state index contributed by atoms with van der Waals surface area (Å²) >= 11 is 0. The fourth-order valence-corrected chi connectivity index (χ4v) is 5.02. The Kier molecular flexibility index (Phi) is 10.5. The Morgan fingerprint density at radius 1 is 0.692 bits per heavy atom. The Morgan fingerprint density at radius 2 is 1.18 bits per heavy atom. The Bertz CT molecular complexity index is 1150. The van der Waals surface area contributed by atoms with Crippen molar-refractivity contribution in [1.29, 1.82) is 0 Å². The van der Waals surface area contributed by atoms with E-state index < -0.39 is 5.60 Å². The SMILES string of the molecule is CC(C)(C)OC(=O)N1CCCCN(Cc2ccccc2)Cc2cccc(n2)CN(Cc2ccccc2)CCC1.